The molecule has 1 aromatic carbocycles. The number of nitrogens with one attached hydrogen (secondary N) is 2. The van der Waals surface area contributed by atoms with Crippen LogP contribution in [0.2, 0.25) is 0 Å². The van der Waals surface area contributed by atoms with Gasteiger partial charge in [0.05, 0.1) is 13.7 Å². The number of hydrogen-bond acceptors (Lipinski definition) is 7. The summed E-state index contributed by atoms with van der Waals surface area (Å²) in [5.74, 6) is 2.42. The minimum Gasteiger partial charge on any atom is -0.497 e. The second kappa shape index (κ2) is 9.58. The number of ether oxygens (including phenoxy) is 1. The summed E-state index contributed by atoms with van der Waals surface area (Å²) in [7, 11) is 1.65. The number of aromatic nitrogens is 2. The van der Waals surface area contributed by atoms with Gasteiger partial charge in [-0.15, -0.1) is 11.3 Å². The Morgan fingerprint density at radius 1 is 1.20 bits per heavy atom. The van der Waals surface area contributed by atoms with Gasteiger partial charge in [0, 0.05) is 35.8 Å². The van der Waals surface area contributed by atoms with E-state index in [-0.39, 0.29) is 11.8 Å². The molecule has 1 aliphatic rings. The number of piperidine rings is 1. The first-order valence-electron chi connectivity index (χ1n) is 10.0. The van der Waals surface area contributed by atoms with Crippen LogP contribution in [0.25, 0.3) is 0 Å². The molecule has 0 saturated carbocycles. The third-order valence-corrected chi connectivity index (χ3v) is 6.05. The predicted octanol–water partition coefficient (Wildman–Crippen LogP) is 3.82. The summed E-state index contributed by atoms with van der Waals surface area (Å²) in [5, 5.41) is 8.38. The minimum atomic E-state index is 0.0434. The fraction of sp³-hybridized carbons (Fsp3) is 0.318. The molecule has 0 aliphatic carbocycles. The monoisotopic (exact) mass is 423 g/mol. The van der Waals surface area contributed by atoms with Crippen LogP contribution in [0.15, 0.2) is 54.0 Å². The second-order valence-electron chi connectivity index (χ2n) is 7.15. The van der Waals surface area contributed by atoms with Gasteiger partial charge in [-0.05, 0) is 54.6 Å². The summed E-state index contributed by atoms with van der Waals surface area (Å²) in [6.45, 7) is 2.14. The molecule has 2 N–H and O–H groups in total. The topological polar surface area (TPSA) is 79.4 Å². The van der Waals surface area contributed by atoms with E-state index in [0.29, 0.717) is 12.5 Å². The van der Waals surface area contributed by atoms with Crippen molar-refractivity contribution in [1.29, 1.82) is 0 Å². The van der Waals surface area contributed by atoms with Gasteiger partial charge in [-0.2, -0.15) is 4.98 Å². The number of hydrogen-bond donors (Lipinski definition) is 2. The van der Waals surface area contributed by atoms with E-state index >= 15 is 0 Å². The quantitative estimate of drug-likeness (QED) is 0.601. The van der Waals surface area contributed by atoms with E-state index in [9.17, 15) is 4.79 Å². The Morgan fingerprint density at radius 2 is 2.00 bits per heavy atom. The van der Waals surface area contributed by atoms with Crippen molar-refractivity contribution in [3.05, 3.63) is 58.9 Å². The van der Waals surface area contributed by atoms with Crippen molar-refractivity contribution in [1.82, 2.24) is 15.3 Å². The summed E-state index contributed by atoms with van der Waals surface area (Å²) in [6, 6.07) is 13.6. The average Bonchev–Trinajstić information content (AvgIpc) is 3.32. The average molecular weight is 424 g/mol. The number of anilines is 3. The number of carbonyl (C=O) groups is 1. The number of nitrogens with zero attached hydrogens (tertiary/aromatic N) is 3. The maximum absolute atomic E-state index is 12.5. The highest BCUT2D eigenvalue weighted by atomic mass is 32.1. The lowest BCUT2D eigenvalue weighted by atomic mass is 9.96. The van der Waals surface area contributed by atoms with E-state index in [0.717, 1.165) is 43.2 Å². The summed E-state index contributed by atoms with van der Waals surface area (Å²) < 4.78 is 5.19. The molecular formula is C22H25N5O2S. The van der Waals surface area contributed by atoms with Crippen molar-refractivity contribution >= 4 is 34.7 Å². The first-order chi connectivity index (χ1) is 14.7. The van der Waals surface area contributed by atoms with E-state index in [1.165, 1.54) is 4.88 Å². The van der Waals surface area contributed by atoms with Crippen LogP contribution < -0.4 is 20.3 Å². The van der Waals surface area contributed by atoms with Gasteiger partial charge in [-0.1, -0.05) is 6.07 Å². The molecule has 2 aromatic heterocycles. The zero-order valence-corrected chi connectivity index (χ0v) is 17.7. The number of benzene rings is 1. The van der Waals surface area contributed by atoms with Crippen LogP contribution in [0.5, 0.6) is 5.75 Å². The van der Waals surface area contributed by atoms with Crippen LogP contribution >= 0.6 is 11.3 Å². The number of rotatable bonds is 7. The van der Waals surface area contributed by atoms with Crippen molar-refractivity contribution in [2.24, 2.45) is 5.92 Å². The van der Waals surface area contributed by atoms with Gasteiger partial charge in [0.25, 0.3) is 0 Å². The van der Waals surface area contributed by atoms with Gasteiger partial charge in [-0.25, -0.2) is 4.98 Å². The maximum Gasteiger partial charge on any atom is 0.227 e. The minimum absolute atomic E-state index is 0.0434. The standard InChI is InChI=1S/C22H25N5O2S/c1-29-18-6-4-17(5-7-18)25-20-8-11-23-22(26-20)27-12-9-16(10-13-27)21(28)24-15-19-3-2-14-30-19/h2-8,11,14,16H,9-10,12-13,15H2,1H3,(H,24,28)(H,23,25,26). The van der Waals surface area contributed by atoms with Gasteiger partial charge >= 0.3 is 0 Å². The van der Waals surface area contributed by atoms with Crippen LogP contribution in [0, 0.1) is 5.92 Å². The Morgan fingerprint density at radius 3 is 2.70 bits per heavy atom. The zero-order valence-electron chi connectivity index (χ0n) is 16.9. The highest BCUT2D eigenvalue weighted by Crippen LogP contribution is 2.23. The molecular weight excluding hydrogens is 398 g/mol. The Kier molecular flexibility index (Phi) is 6.44. The highest BCUT2D eigenvalue weighted by molar-refractivity contribution is 7.09. The van der Waals surface area contributed by atoms with Crippen molar-refractivity contribution in [3.8, 4) is 5.75 Å². The number of amides is 1. The van der Waals surface area contributed by atoms with Gasteiger partial charge < -0.3 is 20.3 Å². The lowest BCUT2D eigenvalue weighted by molar-refractivity contribution is -0.125. The zero-order chi connectivity index (χ0) is 20.8. The van der Waals surface area contributed by atoms with Gasteiger partial charge in [0.1, 0.15) is 11.6 Å². The van der Waals surface area contributed by atoms with Crippen molar-refractivity contribution in [2.75, 3.05) is 30.4 Å². The first-order valence-corrected chi connectivity index (χ1v) is 10.9. The summed E-state index contributed by atoms with van der Waals surface area (Å²) >= 11 is 1.66. The lowest BCUT2D eigenvalue weighted by Gasteiger charge is -2.31. The van der Waals surface area contributed by atoms with E-state index in [4.69, 9.17) is 4.74 Å². The molecule has 1 amide bonds. The van der Waals surface area contributed by atoms with Gasteiger partial charge in [0.2, 0.25) is 11.9 Å². The normalized spacial score (nSPS) is 14.4. The van der Waals surface area contributed by atoms with E-state index < -0.39 is 0 Å². The maximum atomic E-state index is 12.5. The number of carbonyl (C=O) groups excluding carboxylic acids is 1. The molecule has 0 unspecified atom stereocenters. The van der Waals surface area contributed by atoms with Crippen LogP contribution in [0.4, 0.5) is 17.5 Å². The molecule has 30 heavy (non-hydrogen) atoms. The number of methoxy groups -OCH3 is 1. The molecule has 1 fully saturated rings. The molecule has 3 aromatic rings. The SMILES string of the molecule is COc1ccc(Nc2ccnc(N3CCC(C(=O)NCc4cccs4)CC3)n2)cc1. The van der Waals surface area contributed by atoms with Crippen LogP contribution in [0.1, 0.15) is 17.7 Å². The smallest absolute Gasteiger partial charge is 0.227 e. The van der Waals surface area contributed by atoms with Crippen molar-refractivity contribution in [2.45, 2.75) is 19.4 Å². The molecule has 0 atom stereocenters. The molecule has 0 bridgehead atoms. The van der Waals surface area contributed by atoms with Gasteiger partial charge in [0.15, 0.2) is 0 Å². The molecule has 8 heteroatoms. The summed E-state index contributed by atoms with van der Waals surface area (Å²) in [5.41, 5.74) is 0.932. The Bertz CT molecular complexity index is 954. The molecule has 0 spiro atoms. The molecule has 1 aliphatic heterocycles. The molecule has 3 heterocycles. The Balaban J connectivity index is 1.30. The molecule has 4 rings (SSSR count). The molecule has 0 radical (unpaired) electrons. The van der Waals surface area contributed by atoms with Crippen molar-refractivity contribution in [3.63, 3.8) is 0 Å². The third-order valence-electron chi connectivity index (χ3n) is 5.17. The van der Waals surface area contributed by atoms with E-state index in [1.807, 2.05) is 47.8 Å². The highest BCUT2D eigenvalue weighted by Gasteiger charge is 2.26. The van der Waals surface area contributed by atoms with E-state index in [1.54, 1.807) is 24.6 Å². The van der Waals surface area contributed by atoms with Crippen LogP contribution in [-0.2, 0) is 11.3 Å². The van der Waals surface area contributed by atoms with Crippen molar-refractivity contribution < 1.29 is 9.53 Å². The molecule has 156 valence electrons. The largest absolute Gasteiger partial charge is 0.497 e. The lowest BCUT2D eigenvalue weighted by Crippen LogP contribution is -2.41. The Hall–Kier alpha value is -3.13. The fourth-order valence-corrected chi connectivity index (χ4v) is 4.11. The van der Waals surface area contributed by atoms with Crippen LogP contribution in [-0.4, -0.2) is 36.1 Å². The predicted molar refractivity (Wildman–Crippen MR) is 119 cm³/mol. The molecule has 7 nitrogen and oxygen atoms in total. The summed E-state index contributed by atoms with van der Waals surface area (Å²) in [6.07, 6.45) is 3.36. The molecule has 1 saturated heterocycles. The first kappa shape index (κ1) is 20.2. The Labute approximate surface area is 180 Å². The third kappa shape index (κ3) is 5.07. The number of thiophene rings is 1. The summed E-state index contributed by atoms with van der Waals surface area (Å²) in [4.78, 5) is 24.9. The second-order valence-corrected chi connectivity index (χ2v) is 8.19. The fourth-order valence-electron chi connectivity index (χ4n) is 3.47. The van der Waals surface area contributed by atoms with Crippen LogP contribution in [0.3, 0.4) is 0 Å². The van der Waals surface area contributed by atoms with Gasteiger partial charge in [-0.3, -0.25) is 4.79 Å². The van der Waals surface area contributed by atoms with E-state index in [2.05, 4.69) is 25.5 Å².